The van der Waals surface area contributed by atoms with Gasteiger partial charge in [-0.15, -0.1) is 11.3 Å². The first-order valence-corrected chi connectivity index (χ1v) is 9.15. The molecule has 0 aliphatic heterocycles. The molecule has 3 saturated carbocycles. The molecule has 4 heteroatoms. The summed E-state index contributed by atoms with van der Waals surface area (Å²) in [7, 11) is 0. The Balaban J connectivity index is 1.38. The van der Waals surface area contributed by atoms with Crippen LogP contribution in [0, 0.1) is 23.2 Å². The Morgan fingerprint density at radius 3 is 2.95 bits per heavy atom. The molecular weight excluding hydrogens is 292 g/mol. The topological polar surface area (TPSA) is 38.1 Å². The summed E-state index contributed by atoms with van der Waals surface area (Å²) >= 11 is 1.67. The number of nitrogens with zero attached hydrogens (tertiary/aromatic N) is 1. The first-order valence-electron chi connectivity index (χ1n) is 8.27. The van der Waals surface area contributed by atoms with Crippen molar-refractivity contribution in [3.05, 3.63) is 29.5 Å². The van der Waals surface area contributed by atoms with Gasteiger partial charge in [-0.2, -0.15) is 0 Å². The zero-order chi connectivity index (χ0) is 15.3. The molecule has 3 aliphatic rings. The van der Waals surface area contributed by atoms with E-state index in [9.17, 15) is 0 Å². The fourth-order valence-electron chi connectivity index (χ4n) is 4.56. The van der Waals surface area contributed by atoms with Gasteiger partial charge < -0.3 is 9.73 Å². The summed E-state index contributed by atoms with van der Waals surface area (Å²) in [5.74, 6) is 3.27. The molecule has 3 nitrogen and oxygen atoms in total. The van der Waals surface area contributed by atoms with E-state index in [1.807, 2.05) is 12.1 Å². The molecule has 2 aromatic heterocycles. The van der Waals surface area contributed by atoms with E-state index < -0.39 is 0 Å². The third-order valence-electron chi connectivity index (χ3n) is 6.18. The molecule has 1 N–H and O–H groups in total. The second-order valence-corrected chi connectivity index (χ2v) is 8.51. The molecule has 3 fully saturated rings. The lowest BCUT2D eigenvalue weighted by atomic mass is 9.45. The zero-order valence-corrected chi connectivity index (χ0v) is 14.3. The predicted molar refractivity (Wildman–Crippen MR) is 89.6 cm³/mol. The van der Waals surface area contributed by atoms with Gasteiger partial charge in [-0.25, -0.2) is 4.98 Å². The monoisotopic (exact) mass is 316 g/mol. The standard InChI is InChI=1S/C18H24N2OS/c1-11-14-7-12(18(14,2)3)8-15(11)19-9-13-10-21-17(20-13)16-5-4-6-22-16/h4-6,10-12,14-15,19H,7-9H2,1-3H3/t11-,12+,14-,15?/m0/s1. The molecule has 2 bridgehead atoms. The summed E-state index contributed by atoms with van der Waals surface area (Å²) in [5.41, 5.74) is 1.56. The Labute approximate surface area is 136 Å². The number of hydrogen-bond acceptors (Lipinski definition) is 4. The summed E-state index contributed by atoms with van der Waals surface area (Å²) in [6.45, 7) is 8.12. The molecule has 5 rings (SSSR count). The van der Waals surface area contributed by atoms with E-state index in [0.29, 0.717) is 11.5 Å². The van der Waals surface area contributed by atoms with Gasteiger partial charge >= 0.3 is 0 Å². The number of aromatic nitrogens is 1. The molecule has 3 aliphatic carbocycles. The molecule has 0 spiro atoms. The lowest BCUT2D eigenvalue weighted by Crippen LogP contribution is -2.59. The Morgan fingerprint density at radius 2 is 2.27 bits per heavy atom. The van der Waals surface area contributed by atoms with Crippen LogP contribution in [0.5, 0.6) is 0 Å². The van der Waals surface area contributed by atoms with Crippen LogP contribution in [0.15, 0.2) is 28.2 Å². The van der Waals surface area contributed by atoms with Crippen molar-refractivity contribution in [2.45, 2.75) is 46.2 Å². The average Bonchev–Trinajstić information content (AvgIpc) is 3.16. The molecule has 2 heterocycles. The van der Waals surface area contributed by atoms with Crippen LogP contribution in [0.4, 0.5) is 0 Å². The molecule has 118 valence electrons. The molecule has 0 aromatic carbocycles. The van der Waals surface area contributed by atoms with Crippen LogP contribution in [-0.4, -0.2) is 11.0 Å². The van der Waals surface area contributed by atoms with Crippen LogP contribution >= 0.6 is 11.3 Å². The van der Waals surface area contributed by atoms with Crippen molar-refractivity contribution < 1.29 is 4.42 Å². The van der Waals surface area contributed by atoms with Gasteiger partial charge in [0.25, 0.3) is 0 Å². The number of rotatable bonds is 4. The van der Waals surface area contributed by atoms with Crippen molar-refractivity contribution in [3.8, 4) is 10.8 Å². The predicted octanol–water partition coefficient (Wildman–Crippen LogP) is 4.56. The molecule has 22 heavy (non-hydrogen) atoms. The molecule has 0 amide bonds. The maximum Gasteiger partial charge on any atom is 0.236 e. The van der Waals surface area contributed by atoms with Gasteiger partial charge in [0.1, 0.15) is 6.26 Å². The van der Waals surface area contributed by atoms with Gasteiger partial charge in [0.15, 0.2) is 0 Å². The van der Waals surface area contributed by atoms with Crippen LogP contribution in [0.3, 0.4) is 0 Å². The summed E-state index contributed by atoms with van der Waals surface area (Å²) in [4.78, 5) is 5.70. The number of oxazole rings is 1. The normalized spacial score (nSPS) is 32.7. The first-order chi connectivity index (χ1) is 10.6. The first kappa shape index (κ1) is 14.5. The lowest BCUT2D eigenvalue weighted by molar-refractivity contribution is -0.115. The second kappa shape index (κ2) is 5.20. The molecule has 0 radical (unpaired) electrons. The van der Waals surface area contributed by atoms with Crippen LogP contribution in [0.1, 0.15) is 39.3 Å². The van der Waals surface area contributed by atoms with E-state index in [2.05, 4.69) is 36.5 Å². The molecule has 1 unspecified atom stereocenters. The number of hydrogen-bond donors (Lipinski definition) is 1. The number of fused-ring (bicyclic) bond motifs is 2. The highest BCUT2D eigenvalue weighted by Gasteiger charge is 2.55. The van der Waals surface area contributed by atoms with Crippen LogP contribution in [0.25, 0.3) is 10.8 Å². The average molecular weight is 316 g/mol. The van der Waals surface area contributed by atoms with Crippen molar-refractivity contribution in [1.82, 2.24) is 10.3 Å². The van der Waals surface area contributed by atoms with Crippen LogP contribution in [0.2, 0.25) is 0 Å². The second-order valence-electron chi connectivity index (χ2n) is 7.56. The van der Waals surface area contributed by atoms with Crippen molar-refractivity contribution in [3.63, 3.8) is 0 Å². The van der Waals surface area contributed by atoms with Crippen molar-refractivity contribution in [2.75, 3.05) is 0 Å². The minimum absolute atomic E-state index is 0.553. The summed E-state index contributed by atoms with van der Waals surface area (Å²) in [6.07, 6.45) is 4.53. The summed E-state index contributed by atoms with van der Waals surface area (Å²) in [6, 6.07) is 4.70. The van der Waals surface area contributed by atoms with E-state index in [0.717, 1.165) is 40.8 Å². The Bertz CT molecular complexity index is 646. The van der Waals surface area contributed by atoms with E-state index in [4.69, 9.17) is 4.42 Å². The quantitative estimate of drug-likeness (QED) is 0.898. The van der Waals surface area contributed by atoms with Crippen molar-refractivity contribution >= 4 is 11.3 Å². The highest BCUT2D eigenvalue weighted by atomic mass is 32.1. The van der Waals surface area contributed by atoms with Gasteiger partial charge in [0.2, 0.25) is 5.89 Å². The van der Waals surface area contributed by atoms with E-state index in [1.54, 1.807) is 17.6 Å². The van der Waals surface area contributed by atoms with E-state index >= 15 is 0 Å². The van der Waals surface area contributed by atoms with E-state index in [1.165, 1.54) is 12.8 Å². The Kier molecular flexibility index (Phi) is 3.42. The van der Waals surface area contributed by atoms with Gasteiger partial charge in [-0.05, 0) is 47.5 Å². The van der Waals surface area contributed by atoms with Gasteiger partial charge in [-0.3, -0.25) is 0 Å². The minimum atomic E-state index is 0.553. The minimum Gasteiger partial charge on any atom is -0.444 e. The van der Waals surface area contributed by atoms with Gasteiger partial charge in [0.05, 0.1) is 10.6 Å². The largest absolute Gasteiger partial charge is 0.444 e. The molecule has 4 atom stereocenters. The van der Waals surface area contributed by atoms with Gasteiger partial charge in [-0.1, -0.05) is 26.8 Å². The van der Waals surface area contributed by atoms with Crippen LogP contribution < -0.4 is 5.32 Å². The highest BCUT2D eigenvalue weighted by molar-refractivity contribution is 7.13. The number of thiophene rings is 1. The van der Waals surface area contributed by atoms with Crippen LogP contribution in [-0.2, 0) is 6.54 Å². The summed E-state index contributed by atoms with van der Waals surface area (Å²) < 4.78 is 5.60. The van der Waals surface area contributed by atoms with Gasteiger partial charge in [0, 0.05) is 12.6 Å². The smallest absolute Gasteiger partial charge is 0.236 e. The fraction of sp³-hybridized carbons (Fsp3) is 0.611. The third kappa shape index (κ3) is 2.24. The maximum absolute atomic E-state index is 5.60. The van der Waals surface area contributed by atoms with Crippen molar-refractivity contribution in [2.24, 2.45) is 23.2 Å². The van der Waals surface area contributed by atoms with E-state index in [-0.39, 0.29) is 0 Å². The fourth-order valence-corrected chi connectivity index (χ4v) is 5.21. The Morgan fingerprint density at radius 1 is 1.41 bits per heavy atom. The molecular formula is C18H24N2OS. The maximum atomic E-state index is 5.60. The lowest BCUT2D eigenvalue weighted by Gasteiger charge is -2.62. The SMILES string of the molecule is C[C@@H]1C(NCc2coc(-c3cccs3)n2)C[C@H]2C[C@@H]1C2(C)C. The zero-order valence-electron chi connectivity index (χ0n) is 13.5. The number of nitrogens with one attached hydrogen (secondary N) is 1. The third-order valence-corrected chi connectivity index (χ3v) is 7.04. The summed E-state index contributed by atoms with van der Waals surface area (Å²) in [5, 5.41) is 5.78. The Hall–Kier alpha value is -1.13. The molecule has 2 aromatic rings. The highest BCUT2D eigenvalue weighted by Crippen LogP contribution is 2.61. The van der Waals surface area contributed by atoms with Crippen molar-refractivity contribution in [1.29, 1.82) is 0 Å². The molecule has 0 saturated heterocycles.